The van der Waals surface area contributed by atoms with Crippen LogP contribution in [0.3, 0.4) is 0 Å². The van der Waals surface area contributed by atoms with Crippen LogP contribution in [0.15, 0.2) is 55.0 Å². The SMILES string of the molecule is Nc1nc2cnc(C(=O)N3CCOC[C@@H]3c3ccc(C(F)(F)F)cc3)cc2c2cnccc12. The van der Waals surface area contributed by atoms with Crippen LogP contribution in [0, 0.1) is 0 Å². The number of morpholine rings is 1. The summed E-state index contributed by atoms with van der Waals surface area (Å²) >= 11 is 0. The number of benzene rings is 1. The van der Waals surface area contributed by atoms with Gasteiger partial charge in [-0.05, 0) is 29.8 Å². The van der Waals surface area contributed by atoms with Gasteiger partial charge < -0.3 is 15.4 Å². The normalized spacial score (nSPS) is 16.9. The topological polar surface area (TPSA) is 94.2 Å². The van der Waals surface area contributed by atoms with Crippen LogP contribution in [-0.4, -0.2) is 45.5 Å². The molecule has 2 N–H and O–H groups in total. The van der Waals surface area contributed by atoms with E-state index in [1.165, 1.54) is 18.3 Å². The van der Waals surface area contributed by atoms with Crippen molar-refractivity contribution in [1.29, 1.82) is 0 Å². The number of amides is 1. The molecular weight excluding hydrogens is 435 g/mol. The van der Waals surface area contributed by atoms with Crippen LogP contribution in [0.1, 0.15) is 27.7 Å². The van der Waals surface area contributed by atoms with Crippen molar-refractivity contribution in [3.05, 3.63) is 71.8 Å². The first-order chi connectivity index (χ1) is 15.8. The number of alkyl halides is 3. The summed E-state index contributed by atoms with van der Waals surface area (Å²) in [6, 6.07) is 7.64. The van der Waals surface area contributed by atoms with E-state index in [0.29, 0.717) is 28.9 Å². The van der Waals surface area contributed by atoms with Crippen LogP contribution >= 0.6 is 0 Å². The second kappa shape index (κ2) is 7.96. The average Bonchev–Trinajstić information content (AvgIpc) is 2.83. The Balaban J connectivity index is 1.52. The molecule has 0 bridgehead atoms. The lowest BCUT2D eigenvalue weighted by molar-refractivity contribution is -0.137. The van der Waals surface area contributed by atoms with Gasteiger partial charge in [-0.15, -0.1) is 0 Å². The largest absolute Gasteiger partial charge is 0.416 e. The zero-order valence-electron chi connectivity index (χ0n) is 17.2. The number of carbonyl (C=O) groups excluding carboxylic acids is 1. The van der Waals surface area contributed by atoms with Gasteiger partial charge in [0.1, 0.15) is 11.5 Å². The van der Waals surface area contributed by atoms with Gasteiger partial charge in [0.15, 0.2) is 0 Å². The summed E-state index contributed by atoms with van der Waals surface area (Å²) in [6.45, 7) is 0.781. The molecule has 1 fully saturated rings. The number of carbonyl (C=O) groups is 1. The first-order valence-corrected chi connectivity index (χ1v) is 10.2. The molecule has 10 heteroatoms. The van der Waals surface area contributed by atoms with E-state index in [4.69, 9.17) is 10.5 Å². The minimum atomic E-state index is -4.43. The average molecular weight is 453 g/mol. The van der Waals surface area contributed by atoms with Gasteiger partial charge in [0.25, 0.3) is 5.91 Å². The number of ether oxygens (including phenoxy) is 1. The number of nitrogens with two attached hydrogens (primary N) is 1. The Morgan fingerprint density at radius 3 is 2.64 bits per heavy atom. The third-order valence-electron chi connectivity index (χ3n) is 5.74. The smallest absolute Gasteiger partial charge is 0.383 e. The third kappa shape index (κ3) is 3.82. The Kier molecular flexibility index (Phi) is 5.09. The maximum Gasteiger partial charge on any atom is 0.416 e. The molecule has 1 aliphatic heterocycles. The van der Waals surface area contributed by atoms with Crippen LogP contribution in [0.4, 0.5) is 19.0 Å². The predicted octanol–water partition coefficient (Wildman–Crippen LogP) is 3.99. The third-order valence-corrected chi connectivity index (χ3v) is 5.74. The molecule has 0 spiro atoms. The Morgan fingerprint density at radius 2 is 1.88 bits per heavy atom. The van der Waals surface area contributed by atoms with Crippen LogP contribution < -0.4 is 5.73 Å². The van der Waals surface area contributed by atoms with E-state index >= 15 is 0 Å². The molecule has 1 amide bonds. The maximum atomic E-state index is 13.4. The first kappa shape index (κ1) is 21.1. The van der Waals surface area contributed by atoms with Crippen molar-refractivity contribution in [2.24, 2.45) is 0 Å². The van der Waals surface area contributed by atoms with E-state index in [2.05, 4.69) is 15.0 Å². The second-order valence-corrected chi connectivity index (χ2v) is 7.71. The molecule has 5 rings (SSSR count). The fourth-order valence-electron chi connectivity index (χ4n) is 4.06. The van der Waals surface area contributed by atoms with Crippen LogP contribution in [0.25, 0.3) is 21.7 Å². The minimum absolute atomic E-state index is 0.176. The molecule has 1 saturated heterocycles. The Morgan fingerprint density at radius 1 is 1.09 bits per heavy atom. The molecule has 4 aromatic rings. The molecule has 4 heterocycles. The zero-order valence-corrected chi connectivity index (χ0v) is 17.2. The minimum Gasteiger partial charge on any atom is -0.383 e. The van der Waals surface area contributed by atoms with Gasteiger partial charge in [-0.2, -0.15) is 13.2 Å². The molecule has 0 aliphatic carbocycles. The molecular formula is C23H18F3N5O2. The van der Waals surface area contributed by atoms with Crippen molar-refractivity contribution in [3.8, 4) is 0 Å². The van der Waals surface area contributed by atoms with E-state index in [9.17, 15) is 18.0 Å². The fraction of sp³-hybridized carbons (Fsp3) is 0.217. The lowest BCUT2D eigenvalue weighted by Gasteiger charge is -2.35. The molecule has 33 heavy (non-hydrogen) atoms. The summed E-state index contributed by atoms with van der Waals surface area (Å²) in [7, 11) is 0. The van der Waals surface area contributed by atoms with Crippen LogP contribution in [-0.2, 0) is 10.9 Å². The quantitative estimate of drug-likeness (QED) is 0.461. The summed E-state index contributed by atoms with van der Waals surface area (Å²) in [5, 5.41) is 2.15. The number of hydrogen-bond acceptors (Lipinski definition) is 6. The number of nitrogens with zero attached hydrogens (tertiary/aromatic N) is 4. The number of nitrogen functional groups attached to an aromatic ring is 1. The van der Waals surface area contributed by atoms with Crippen LogP contribution in [0.2, 0.25) is 0 Å². The van der Waals surface area contributed by atoms with E-state index in [-0.39, 0.29) is 24.8 Å². The van der Waals surface area contributed by atoms with Gasteiger partial charge in [0.05, 0.1) is 36.5 Å². The van der Waals surface area contributed by atoms with Crippen molar-refractivity contribution in [2.75, 3.05) is 25.5 Å². The van der Waals surface area contributed by atoms with E-state index < -0.39 is 17.8 Å². The standard InChI is InChI=1S/C23H18F3N5O2/c24-23(25,26)14-3-1-13(2-4-14)20-12-33-8-7-31(20)22(32)18-9-16-17-10-28-6-5-15(17)21(27)30-19(16)11-29-18/h1-6,9-11,20H,7-8,12H2,(H2,27,30)/t20-/m1/s1. The van der Waals surface area contributed by atoms with Crippen LogP contribution in [0.5, 0.6) is 0 Å². The van der Waals surface area contributed by atoms with E-state index in [1.807, 2.05) is 0 Å². The Bertz CT molecular complexity index is 1360. The van der Waals surface area contributed by atoms with Gasteiger partial charge in [-0.1, -0.05) is 12.1 Å². The molecule has 168 valence electrons. The highest BCUT2D eigenvalue weighted by molar-refractivity contribution is 6.10. The Hall–Kier alpha value is -3.79. The molecule has 0 saturated carbocycles. The lowest BCUT2D eigenvalue weighted by atomic mass is 10.0. The molecule has 0 unspecified atom stereocenters. The van der Waals surface area contributed by atoms with Crippen molar-refractivity contribution < 1.29 is 22.7 Å². The van der Waals surface area contributed by atoms with Gasteiger partial charge in [-0.3, -0.25) is 9.78 Å². The lowest BCUT2D eigenvalue weighted by Crippen LogP contribution is -2.43. The summed E-state index contributed by atoms with van der Waals surface area (Å²) in [6.07, 6.45) is 0.325. The zero-order chi connectivity index (χ0) is 23.2. The molecule has 3 aromatic heterocycles. The van der Waals surface area contributed by atoms with Crippen molar-refractivity contribution in [3.63, 3.8) is 0 Å². The highest BCUT2D eigenvalue weighted by Gasteiger charge is 2.33. The highest BCUT2D eigenvalue weighted by Crippen LogP contribution is 2.33. The molecule has 1 aromatic carbocycles. The fourth-order valence-corrected chi connectivity index (χ4v) is 4.06. The highest BCUT2D eigenvalue weighted by atomic mass is 19.4. The number of rotatable bonds is 2. The van der Waals surface area contributed by atoms with Gasteiger partial charge in [0, 0.05) is 35.1 Å². The summed E-state index contributed by atoms with van der Waals surface area (Å²) in [4.78, 5) is 27.8. The summed E-state index contributed by atoms with van der Waals surface area (Å²) in [5.74, 6) is -0.00436. The monoisotopic (exact) mass is 453 g/mol. The first-order valence-electron chi connectivity index (χ1n) is 10.2. The number of fused-ring (bicyclic) bond motifs is 3. The van der Waals surface area contributed by atoms with Gasteiger partial charge in [-0.25, -0.2) is 9.97 Å². The molecule has 1 atom stereocenters. The summed E-state index contributed by atoms with van der Waals surface area (Å²) < 4.78 is 44.3. The Labute approximate surface area is 186 Å². The van der Waals surface area contributed by atoms with Crippen molar-refractivity contribution in [2.45, 2.75) is 12.2 Å². The molecule has 1 aliphatic rings. The number of aromatic nitrogens is 3. The summed E-state index contributed by atoms with van der Waals surface area (Å²) in [5.41, 5.74) is 6.57. The maximum absolute atomic E-state index is 13.4. The second-order valence-electron chi connectivity index (χ2n) is 7.71. The van der Waals surface area contributed by atoms with E-state index in [1.54, 1.807) is 29.4 Å². The predicted molar refractivity (Wildman–Crippen MR) is 115 cm³/mol. The van der Waals surface area contributed by atoms with E-state index in [0.717, 1.165) is 22.9 Å². The number of hydrogen-bond donors (Lipinski definition) is 1. The van der Waals surface area contributed by atoms with Crippen molar-refractivity contribution in [1.82, 2.24) is 19.9 Å². The number of anilines is 1. The molecule has 7 nitrogen and oxygen atoms in total. The van der Waals surface area contributed by atoms with Gasteiger partial charge in [0.2, 0.25) is 0 Å². The molecule has 0 radical (unpaired) electrons. The number of halogens is 3. The van der Waals surface area contributed by atoms with Gasteiger partial charge >= 0.3 is 6.18 Å². The van der Waals surface area contributed by atoms with Crippen molar-refractivity contribution >= 4 is 33.4 Å². The number of pyridine rings is 3.